The Morgan fingerprint density at radius 3 is 1.86 bits per heavy atom. The van der Waals surface area contributed by atoms with Gasteiger partial charge in [-0.25, -0.2) is 8.42 Å². The number of carbonyl (C=O) groups excluding carboxylic acids is 2. The van der Waals surface area contributed by atoms with E-state index in [2.05, 4.69) is 5.32 Å². The average molecular weight is 506 g/mol. The Bertz CT molecular complexity index is 1110. The van der Waals surface area contributed by atoms with Crippen LogP contribution in [-0.4, -0.2) is 63.7 Å². The third-order valence-corrected chi connectivity index (χ3v) is 6.36. The van der Waals surface area contributed by atoms with E-state index in [0.717, 1.165) is 16.1 Å². The van der Waals surface area contributed by atoms with Crippen molar-refractivity contribution in [2.75, 3.05) is 31.3 Å². The van der Waals surface area contributed by atoms with E-state index >= 15 is 0 Å². The molecule has 0 aliphatic rings. The van der Waals surface area contributed by atoms with Gasteiger partial charge in [0, 0.05) is 12.1 Å². The fourth-order valence-electron chi connectivity index (χ4n) is 3.35. The van der Waals surface area contributed by atoms with Crippen LogP contribution in [0, 0.1) is 0 Å². The highest BCUT2D eigenvalue weighted by Gasteiger charge is 2.31. The van der Waals surface area contributed by atoms with E-state index in [0.29, 0.717) is 17.2 Å². The van der Waals surface area contributed by atoms with E-state index < -0.39 is 34.1 Å². The minimum atomic E-state index is -3.79. The number of sulfonamides is 1. The quantitative estimate of drug-likeness (QED) is 0.532. The molecule has 0 aliphatic heterocycles. The van der Waals surface area contributed by atoms with Crippen LogP contribution in [0.15, 0.2) is 48.5 Å². The van der Waals surface area contributed by atoms with Gasteiger partial charge in [0.15, 0.2) is 0 Å². The highest BCUT2D eigenvalue weighted by Crippen LogP contribution is 2.22. The van der Waals surface area contributed by atoms with Crippen LogP contribution in [0.1, 0.15) is 33.3 Å². The molecule has 35 heavy (non-hydrogen) atoms. The van der Waals surface area contributed by atoms with Crippen LogP contribution in [0.4, 0.5) is 5.69 Å². The van der Waals surface area contributed by atoms with Gasteiger partial charge in [-0.1, -0.05) is 12.1 Å². The lowest BCUT2D eigenvalue weighted by Crippen LogP contribution is -2.54. The van der Waals surface area contributed by atoms with Gasteiger partial charge in [0.1, 0.15) is 24.1 Å². The number of anilines is 1. The Hall–Kier alpha value is -3.27. The summed E-state index contributed by atoms with van der Waals surface area (Å²) in [4.78, 5) is 27.9. The van der Waals surface area contributed by atoms with Crippen LogP contribution in [0.2, 0.25) is 0 Å². The molecule has 0 unspecified atom stereocenters. The maximum absolute atomic E-state index is 13.5. The maximum atomic E-state index is 13.5. The summed E-state index contributed by atoms with van der Waals surface area (Å²) < 4.78 is 36.5. The van der Waals surface area contributed by atoms with Crippen molar-refractivity contribution in [1.29, 1.82) is 0 Å². The first-order valence-electron chi connectivity index (χ1n) is 11.1. The van der Waals surface area contributed by atoms with Crippen LogP contribution in [0.3, 0.4) is 0 Å². The van der Waals surface area contributed by atoms with Gasteiger partial charge in [0.05, 0.1) is 26.2 Å². The second kappa shape index (κ2) is 11.4. The third-order valence-electron chi connectivity index (χ3n) is 5.22. The first kappa shape index (κ1) is 28.0. The van der Waals surface area contributed by atoms with Crippen molar-refractivity contribution in [3.8, 4) is 11.5 Å². The number of carbonyl (C=O) groups is 2. The standard InChI is InChI=1S/C25H35N3O6S/c1-18(24(30)26-25(2,3)4)27(16-19-8-12-21(33-5)13-9-19)23(29)17-28(35(7,31)32)20-10-14-22(34-6)15-11-20/h8-15,18H,16-17H2,1-7H3,(H,26,30)/t18-/m0/s1. The monoisotopic (exact) mass is 505 g/mol. The predicted molar refractivity (Wildman–Crippen MR) is 136 cm³/mol. The highest BCUT2D eigenvalue weighted by molar-refractivity contribution is 7.92. The van der Waals surface area contributed by atoms with Crippen LogP contribution in [0.25, 0.3) is 0 Å². The largest absolute Gasteiger partial charge is 0.497 e. The Morgan fingerprint density at radius 1 is 0.943 bits per heavy atom. The zero-order valence-corrected chi connectivity index (χ0v) is 22.2. The smallest absolute Gasteiger partial charge is 0.244 e. The molecule has 0 fully saturated rings. The van der Waals surface area contributed by atoms with Gasteiger partial charge in [0.2, 0.25) is 21.8 Å². The summed E-state index contributed by atoms with van der Waals surface area (Å²) in [5, 5.41) is 2.89. The van der Waals surface area contributed by atoms with Crippen molar-refractivity contribution in [3.63, 3.8) is 0 Å². The van der Waals surface area contributed by atoms with Crippen molar-refractivity contribution in [1.82, 2.24) is 10.2 Å². The molecule has 0 spiro atoms. The van der Waals surface area contributed by atoms with Gasteiger partial charge in [-0.3, -0.25) is 13.9 Å². The number of methoxy groups -OCH3 is 2. The van der Waals surface area contributed by atoms with E-state index in [1.807, 2.05) is 20.8 Å². The van der Waals surface area contributed by atoms with Crippen LogP contribution in [0.5, 0.6) is 11.5 Å². The zero-order valence-electron chi connectivity index (χ0n) is 21.4. The van der Waals surface area contributed by atoms with Gasteiger partial charge in [0.25, 0.3) is 0 Å². The van der Waals surface area contributed by atoms with Crippen LogP contribution < -0.4 is 19.1 Å². The summed E-state index contributed by atoms with van der Waals surface area (Å²) in [5.74, 6) is 0.364. The fourth-order valence-corrected chi connectivity index (χ4v) is 4.20. The van der Waals surface area contributed by atoms with Crippen molar-refractivity contribution in [2.45, 2.75) is 45.8 Å². The maximum Gasteiger partial charge on any atom is 0.244 e. The molecule has 0 radical (unpaired) electrons. The molecule has 2 aromatic rings. The number of amides is 2. The molecule has 2 rings (SSSR count). The van der Waals surface area contributed by atoms with Crippen molar-refractivity contribution in [3.05, 3.63) is 54.1 Å². The Labute approximate surface area is 208 Å². The lowest BCUT2D eigenvalue weighted by atomic mass is 10.1. The molecule has 0 aromatic heterocycles. The fraction of sp³-hybridized carbons (Fsp3) is 0.440. The zero-order chi connectivity index (χ0) is 26.4. The minimum absolute atomic E-state index is 0.113. The SMILES string of the molecule is COc1ccc(CN(C(=O)CN(c2ccc(OC)cc2)S(C)(=O)=O)[C@@H](C)C(=O)NC(C)(C)C)cc1. The molecule has 9 nitrogen and oxygen atoms in total. The molecule has 192 valence electrons. The number of hydrogen-bond donors (Lipinski definition) is 1. The number of benzene rings is 2. The first-order chi connectivity index (χ1) is 16.2. The summed E-state index contributed by atoms with van der Waals surface area (Å²) in [6, 6.07) is 12.6. The first-order valence-corrected chi connectivity index (χ1v) is 13.0. The van der Waals surface area contributed by atoms with Crippen molar-refractivity contribution in [2.24, 2.45) is 0 Å². The predicted octanol–water partition coefficient (Wildman–Crippen LogP) is 2.80. The molecule has 0 bridgehead atoms. The highest BCUT2D eigenvalue weighted by atomic mass is 32.2. The summed E-state index contributed by atoms with van der Waals surface area (Å²) in [6.45, 7) is 6.82. The second-order valence-corrected chi connectivity index (χ2v) is 11.2. The van der Waals surface area contributed by atoms with Crippen LogP contribution >= 0.6 is 0 Å². The van der Waals surface area contributed by atoms with Crippen LogP contribution in [-0.2, 0) is 26.2 Å². The Morgan fingerprint density at radius 2 is 1.43 bits per heavy atom. The molecule has 0 saturated heterocycles. The van der Waals surface area contributed by atoms with Crippen molar-refractivity contribution < 1.29 is 27.5 Å². The molecular formula is C25H35N3O6S. The molecule has 2 aromatic carbocycles. The number of nitrogens with zero attached hydrogens (tertiary/aromatic N) is 2. The summed E-state index contributed by atoms with van der Waals surface area (Å²) >= 11 is 0. The third kappa shape index (κ3) is 8.17. The molecule has 0 saturated carbocycles. The van der Waals surface area contributed by atoms with E-state index in [4.69, 9.17) is 9.47 Å². The van der Waals surface area contributed by atoms with Gasteiger partial charge in [-0.05, 0) is 69.7 Å². The number of rotatable bonds is 10. The lowest BCUT2D eigenvalue weighted by molar-refractivity contribution is -0.140. The molecule has 0 heterocycles. The normalized spacial score (nSPS) is 12.4. The molecule has 2 amide bonds. The number of hydrogen-bond acceptors (Lipinski definition) is 6. The second-order valence-electron chi connectivity index (χ2n) is 9.25. The van der Waals surface area contributed by atoms with Gasteiger partial charge >= 0.3 is 0 Å². The average Bonchev–Trinajstić information content (AvgIpc) is 2.79. The number of nitrogens with one attached hydrogen (secondary N) is 1. The molecule has 1 N–H and O–H groups in total. The minimum Gasteiger partial charge on any atom is -0.497 e. The molecular weight excluding hydrogens is 470 g/mol. The van der Waals surface area contributed by atoms with Gasteiger partial charge in [-0.2, -0.15) is 0 Å². The van der Waals surface area contributed by atoms with Crippen molar-refractivity contribution >= 4 is 27.5 Å². The molecule has 0 aliphatic carbocycles. The number of ether oxygens (including phenoxy) is 2. The summed E-state index contributed by atoms with van der Waals surface area (Å²) in [6.07, 6.45) is 1.04. The molecule has 10 heteroatoms. The van der Waals surface area contributed by atoms with E-state index in [9.17, 15) is 18.0 Å². The van der Waals surface area contributed by atoms with Gasteiger partial charge in [-0.15, -0.1) is 0 Å². The lowest BCUT2D eigenvalue weighted by Gasteiger charge is -2.33. The van der Waals surface area contributed by atoms with E-state index in [1.165, 1.54) is 12.0 Å². The summed E-state index contributed by atoms with van der Waals surface area (Å²) in [7, 11) is -0.729. The topological polar surface area (TPSA) is 105 Å². The summed E-state index contributed by atoms with van der Waals surface area (Å²) in [5.41, 5.74) is 0.588. The van der Waals surface area contributed by atoms with E-state index in [1.54, 1.807) is 62.6 Å². The molecule has 1 atom stereocenters. The Kier molecular flexibility index (Phi) is 9.14. The Balaban J connectivity index is 2.39. The van der Waals surface area contributed by atoms with Gasteiger partial charge < -0.3 is 19.7 Å². The van der Waals surface area contributed by atoms with E-state index in [-0.39, 0.29) is 12.5 Å².